The van der Waals surface area contributed by atoms with Gasteiger partial charge >= 0.3 is 5.97 Å². The first kappa shape index (κ1) is 13.3. The highest BCUT2D eigenvalue weighted by molar-refractivity contribution is 7.98. The van der Waals surface area contributed by atoms with Crippen LogP contribution in [0.5, 0.6) is 0 Å². The van der Waals surface area contributed by atoms with E-state index < -0.39 is 11.8 Å². The van der Waals surface area contributed by atoms with Crippen LogP contribution in [0.2, 0.25) is 0 Å². The second-order valence-corrected chi connectivity index (χ2v) is 4.68. The summed E-state index contributed by atoms with van der Waals surface area (Å²) in [5, 5.41) is 8.97. The molecule has 0 amide bonds. The van der Waals surface area contributed by atoms with Crippen LogP contribution in [-0.4, -0.2) is 21.0 Å². The number of aromatic carboxylic acids is 1. The molecule has 1 heterocycles. The van der Waals surface area contributed by atoms with E-state index in [9.17, 15) is 9.18 Å². The highest BCUT2D eigenvalue weighted by atomic mass is 32.2. The van der Waals surface area contributed by atoms with E-state index in [2.05, 4.69) is 9.97 Å². The predicted molar refractivity (Wildman–Crippen MR) is 69.4 cm³/mol. The Morgan fingerprint density at radius 1 is 1.47 bits per heavy atom. The van der Waals surface area contributed by atoms with E-state index in [-0.39, 0.29) is 11.3 Å². The smallest absolute Gasteiger partial charge is 0.339 e. The maximum Gasteiger partial charge on any atom is 0.339 e. The fourth-order valence-corrected chi connectivity index (χ4v) is 2.31. The molecule has 3 N–H and O–H groups in total. The third-order valence-corrected chi connectivity index (χ3v) is 3.41. The molecule has 0 fully saturated rings. The molecule has 19 heavy (non-hydrogen) atoms. The molecule has 0 aliphatic rings. The molecule has 7 heteroatoms. The van der Waals surface area contributed by atoms with Crippen LogP contribution in [0.3, 0.4) is 0 Å². The summed E-state index contributed by atoms with van der Waals surface area (Å²) in [7, 11) is 0. The highest BCUT2D eigenvalue weighted by Crippen LogP contribution is 2.27. The van der Waals surface area contributed by atoms with Gasteiger partial charge in [-0.15, -0.1) is 11.8 Å². The van der Waals surface area contributed by atoms with Gasteiger partial charge in [0.05, 0.1) is 5.69 Å². The Hall–Kier alpha value is -2.15. The van der Waals surface area contributed by atoms with E-state index in [0.29, 0.717) is 16.3 Å². The highest BCUT2D eigenvalue weighted by Gasteiger charge is 2.12. The van der Waals surface area contributed by atoms with Crippen LogP contribution in [-0.2, 0) is 5.75 Å². The van der Waals surface area contributed by atoms with Crippen LogP contribution < -0.4 is 5.73 Å². The maximum atomic E-state index is 13.6. The molecule has 1 aromatic heterocycles. The number of carboxylic acid groups (broad SMARTS) is 1. The molecular formula is C12H10FN3O2S. The van der Waals surface area contributed by atoms with Crippen LogP contribution in [0.25, 0.3) is 0 Å². The number of nitrogens with two attached hydrogens (primary N) is 1. The molecule has 0 radical (unpaired) electrons. The molecule has 0 saturated carbocycles. The lowest BCUT2D eigenvalue weighted by atomic mass is 10.2. The topological polar surface area (TPSA) is 89.1 Å². The van der Waals surface area contributed by atoms with Gasteiger partial charge in [0.2, 0.25) is 0 Å². The van der Waals surface area contributed by atoms with Crippen molar-refractivity contribution in [2.75, 3.05) is 5.73 Å². The number of benzene rings is 1. The average molecular weight is 279 g/mol. The number of carbonyl (C=O) groups is 1. The van der Waals surface area contributed by atoms with E-state index in [0.717, 1.165) is 11.8 Å². The third kappa shape index (κ3) is 3.19. The van der Waals surface area contributed by atoms with Crippen molar-refractivity contribution in [1.82, 2.24) is 9.97 Å². The largest absolute Gasteiger partial charge is 0.478 e. The molecule has 0 saturated heterocycles. The standard InChI is InChI=1S/C12H10FN3O2S/c13-9-3-7(14)1-2-11(9)19-5-10-8(12(17)18)4-15-6-16-10/h1-4,6H,5,14H2,(H,17,18). The minimum absolute atomic E-state index is 0.0193. The molecule has 0 aliphatic carbocycles. The molecule has 2 aromatic rings. The van der Waals surface area contributed by atoms with Crippen LogP contribution in [0, 0.1) is 5.82 Å². The first-order valence-electron chi connectivity index (χ1n) is 5.28. The summed E-state index contributed by atoms with van der Waals surface area (Å²) in [6, 6.07) is 4.36. The number of carboxylic acids is 1. The molecule has 0 aliphatic heterocycles. The number of nitrogens with zero attached hydrogens (tertiary/aromatic N) is 2. The number of hydrogen-bond donors (Lipinski definition) is 2. The average Bonchev–Trinajstić information content (AvgIpc) is 2.38. The van der Waals surface area contributed by atoms with Crippen LogP contribution >= 0.6 is 11.8 Å². The Labute approximate surface area is 112 Å². The summed E-state index contributed by atoms with van der Waals surface area (Å²) in [6.45, 7) is 0. The zero-order chi connectivity index (χ0) is 13.8. The number of anilines is 1. The lowest BCUT2D eigenvalue weighted by molar-refractivity contribution is 0.0695. The molecule has 0 bridgehead atoms. The number of rotatable bonds is 4. The summed E-state index contributed by atoms with van der Waals surface area (Å²) >= 11 is 1.16. The summed E-state index contributed by atoms with van der Waals surface area (Å²) in [6.07, 6.45) is 2.49. The fraction of sp³-hybridized carbons (Fsp3) is 0.0833. The Morgan fingerprint density at radius 3 is 2.95 bits per heavy atom. The summed E-state index contributed by atoms with van der Waals surface area (Å²) in [5.41, 5.74) is 6.16. The van der Waals surface area contributed by atoms with Crippen LogP contribution in [0.1, 0.15) is 16.1 Å². The van der Waals surface area contributed by atoms with Gasteiger partial charge in [-0.3, -0.25) is 0 Å². The Morgan fingerprint density at radius 2 is 2.26 bits per heavy atom. The number of thioether (sulfide) groups is 1. The van der Waals surface area contributed by atoms with Gasteiger partial charge in [-0.05, 0) is 18.2 Å². The molecule has 1 aromatic carbocycles. The van der Waals surface area contributed by atoms with Crippen molar-refractivity contribution < 1.29 is 14.3 Å². The molecule has 5 nitrogen and oxygen atoms in total. The second kappa shape index (κ2) is 5.66. The third-order valence-electron chi connectivity index (χ3n) is 2.35. The maximum absolute atomic E-state index is 13.6. The van der Waals surface area contributed by atoms with E-state index in [4.69, 9.17) is 10.8 Å². The SMILES string of the molecule is Nc1ccc(SCc2ncncc2C(=O)O)c(F)c1. The van der Waals surface area contributed by atoms with Gasteiger partial charge in [-0.2, -0.15) is 0 Å². The quantitative estimate of drug-likeness (QED) is 0.658. The summed E-state index contributed by atoms with van der Waals surface area (Å²) in [5.74, 6) is -1.30. The van der Waals surface area contributed by atoms with Crippen molar-refractivity contribution in [3.63, 3.8) is 0 Å². The molecule has 0 atom stereocenters. The van der Waals surface area contributed by atoms with Crippen LogP contribution in [0.15, 0.2) is 35.6 Å². The molecule has 0 unspecified atom stereocenters. The van der Waals surface area contributed by atoms with Crippen molar-refractivity contribution in [1.29, 1.82) is 0 Å². The Bertz CT molecular complexity index is 622. The van der Waals surface area contributed by atoms with E-state index in [1.807, 2.05) is 0 Å². The lowest BCUT2D eigenvalue weighted by Crippen LogP contribution is -2.04. The predicted octanol–water partition coefficient (Wildman–Crippen LogP) is 2.19. The van der Waals surface area contributed by atoms with Gasteiger partial charge in [-0.25, -0.2) is 19.2 Å². The first-order chi connectivity index (χ1) is 9.08. The van der Waals surface area contributed by atoms with Gasteiger partial charge in [0, 0.05) is 22.5 Å². The molecule has 2 rings (SSSR count). The summed E-state index contributed by atoms with van der Waals surface area (Å²) in [4.78, 5) is 18.9. The van der Waals surface area contributed by atoms with Crippen molar-refractivity contribution in [2.45, 2.75) is 10.6 Å². The Kier molecular flexibility index (Phi) is 3.96. The van der Waals surface area contributed by atoms with E-state index in [1.54, 1.807) is 12.1 Å². The zero-order valence-corrected chi connectivity index (χ0v) is 10.5. The Balaban J connectivity index is 2.17. The first-order valence-corrected chi connectivity index (χ1v) is 6.26. The van der Waals surface area contributed by atoms with E-state index >= 15 is 0 Å². The second-order valence-electron chi connectivity index (χ2n) is 3.67. The van der Waals surface area contributed by atoms with Gasteiger partial charge < -0.3 is 10.8 Å². The van der Waals surface area contributed by atoms with Crippen molar-refractivity contribution in [3.05, 3.63) is 47.8 Å². The fourth-order valence-electron chi connectivity index (χ4n) is 1.43. The number of halogens is 1. The number of nitrogen functional groups attached to an aromatic ring is 1. The van der Waals surface area contributed by atoms with Gasteiger partial charge in [0.1, 0.15) is 17.7 Å². The van der Waals surface area contributed by atoms with E-state index in [1.165, 1.54) is 18.6 Å². The monoisotopic (exact) mass is 279 g/mol. The van der Waals surface area contributed by atoms with Gasteiger partial charge in [0.25, 0.3) is 0 Å². The minimum Gasteiger partial charge on any atom is -0.478 e. The van der Waals surface area contributed by atoms with Gasteiger partial charge in [-0.1, -0.05) is 0 Å². The number of aromatic nitrogens is 2. The summed E-state index contributed by atoms with van der Waals surface area (Å²) < 4.78 is 13.6. The molecular weight excluding hydrogens is 269 g/mol. The lowest BCUT2D eigenvalue weighted by Gasteiger charge is -2.05. The number of hydrogen-bond acceptors (Lipinski definition) is 5. The molecule has 98 valence electrons. The minimum atomic E-state index is -1.10. The van der Waals surface area contributed by atoms with Crippen molar-refractivity contribution in [3.8, 4) is 0 Å². The van der Waals surface area contributed by atoms with Crippen molar-refractivity contribution >= 4 is 23.4 Å². The van der Waals surface area contributed by atoms with Crippen LogP contribution in [0.4, 0.5) is 10.1 Å². The van der Waals surface area contributed by atoms with Gasteiger partial charge in [0.15, 0.2) is 0 Å². The van der Waals surface area contributed by atoms with Crippen molar-refractivity contribution in [2.24, 2.45) is 0 Å². The zero-order valence-electron chi connectivity index (χ0n) is 9.71. The molecule has 0 spiro atoms. The normalized spacial score (nSPS) is 10.4.